The first-order chi connectivity index (χ1) is 15.5. The van der Waals surface area contributed by atoms with E-state index in [9.17, 15) is 0 Å². The summed E-state index contributed by atoms with van der Waals surface area (Å²) in [6, 6.07) is 39.1. The van der Waals surface area contributed by atoms with Crippen LogP contribution in [0.3, 0.4) is 0 Å². The molecule has 1 unspecified atom stereocenters. The molecule has 4 aromatic carbocycles. The van der Waals surface area contributed by atoms with Gasteiger partial charge in [-0.05, 0) is 0 Å². The van der Waals surface area contributed by atoms with E-state index < -0.39 is 17.4 Å². The third kappa shape index (κ3) is 2.63. The van der Waals surface area contributed by atoms with Crippen LogP contribution in [0.1, 0.15) is 36.4 Å². The van der Waals surface area contributed by atoms with Gasteiger partial charge < -0.3 is 0 Å². The normalized spacial score (nSPS) is 17.5. The zero-order valence-electron chi connectivity index (χ0n) is 18.8. The fraction of sp³-hybridized carbons (Fsp3) is 0.133. The van der Waals surface area contributed by atoms with Crippen molar-refractivity contribution in [2.45, 2.75) is 18.8 Å². The topological polar surface area (TPSA) is 0 Å². The molecule has 6 rings (SSSR count). The first-order valence-corrected chi connectivity index (χ1v) is 24.0. The van der Waals surface area contributed by atoms with E-state index in [-0.39, 0.29) is 0 Å². The summed E-state index contributed by atoms with van der Waals surface area (Å²) in [6.45, 7) is 4.72. The molecule has 0 aliphatic heterocycles. The molecule has 0 amide bonds. The Morgan fingerprint density at radius 3 is 1.66 bits per heavy atom. The average Bonchev–Trinajstić information content (AvgIpc) is 3.37. The van der Waals surface area contributed by atoms with Gasteiger partial charge in [0.05, 0.1) is 0 Å². The molecule has 4 aromatic rings. The van der Waals surface area contributed by atoms with Gasteiger partial charge in [0.2, 0.25) is 0 Å². The molecule has 2 aliphatic carbocycles. The van der Waals surface area contributed by atoms with Gasteiger partial charge in [-0.2, -0.15) is 0 Å². The molecule has 0 spiro atoms. The summed E-state index contributed by atoms with van der Waals surface area (Å²) in [5.74, 6) is 0. The minimum absolute atomic E-state index is 0.463. The van der Waals surface area contributed by atoms with Crippen molar-refractivity contribution in [3.05, 3.63) is 131 Å². The maximum atomic E-state index is 2.73. The van der Waals surface area contributed by atoms with Crippen LogP contribution in [-0.4, -0.2) is 6.88 Å². The van der Waals surface area contributed by atoms with Crippen molar-refractivity contribution in [3.63, 3.8) is 0 Å². The van der Waals surface area contributed by atoms with Gasteiger partial charge in [0.1, 0.15) is 0 Å². The molecule has 0 saturated carbocycles. The van der Waals surface area contributed by atoms with Crippen LogP contribution < -0.4 is 3.27 Å². The predicted octanol–water partition coefficient (Wildman–Crippen LogP) is 6.53. The minimum atomic E-state index is -3.85. The Kier molecular flexibility index (Phi) is 4.52. The zero-order chi connectivity index (χ0) is 21.9. The number of fused-ring (bicyclic) bond motifs is 4. The van der Waals surface area contributed by atoms with Gasteiger partial charge >= 0.3 is 195 Å². The molecule has 0 aromatic heterocycles. The third-order valence-electron chi connectivity index (χ3n) is 8.24. The number of benzene rings is 4. The summed E-state index contributed by atoms with van der Waals surface area (Å²) in [5, 5.41) is 0. The second-order valence-electron chi connectivity index (χ2n) is 10.1. The molecular weight excluding hydrogens is 480 g/mol. The van der Waals surface area contributed by atoms with Crippen molar-refractivity contribution in [2.75, 3.05) is 0 Å². The summed E-state index contributed by atoms with van der Waals surface area (Å²) in [6.07, 6.45) is 2.62. The van der Waals surface area contributed by atoms with Crippen molar-refractivity contribution in [3.8, 4) is 11.1 Å². The second kappa shape index (κ2) is 7.11. The van der Waals surface area contributed by atoms with Crippen molar-refractivity contribution in [2.24, 2.45) is 0 Å². The van der Waals surface area contributed by atoms with Crippen LogP contribution in [-0.2, 0) is 17.4 Å². The zero-order valence-corrected chi connectivity index (χ0v) is 22.6. The van der Waals surface area contributed by atoms with Gasteiger partial charge in [-0.1, -0.05) is 0 Å². The van der Waals surface area contributed by atoms with Crippen LogP contribution in [0.4, 0.5) is 0 Å². The maximum absolute atomic E-state index is 3.85. The molecule has 0 nitrogen and oxygen atoms in total. The first kappa shape index (κ1) is 20.3. The van der Waals surface area contributed by atoms with Gasteiger partial charge in [-0.25, -0.2) is 0 Å². The Bertz CT molecular complexity index is 1420. The quantitative estimate of drug-likeness (QED) is 0.277. The fourth-order valence-corrected chi connectivity index (χ4v) is 28.1. The van der Waals surface area contributed by atoms with Gasteiger partial charge in [-0.15, -0.1) is 0 Å². The van der Waals surface area contributed by atoms with Crippen molar-refractivity contribution >= 4 is 15.7 Å². The SMILES string of the molecule is CC1=C[CH]([Zr]([CH3])(=[SiH2])([c]2ccccc2)[CH]2c3ccccc3-c3ccccc32)c2ccccc21. The van der Waals surface area contributed by atoms with Crippen LogP contribution in [0.5, 0.6) is 0 Å². The molecule has 0 N–H and O–H groups in total. The van der Waals surface area contributed by atoms with Gasteiger partial charge in [0, 0.05) is 0 Å². The first-order valence-electron chi connectivity index (χ1n) is 11.6. The van der Waals surface area contributed by atoms with Crippen molar-refractivity contribution < 1.29 is 17.4 Å². The van der Waals surface area contributed by atoms with Crippen LogP contribution in [0.25, 0.3) is 16.7 Å². The van der Waals surface area contributed by atoms with E-state index >= 15 is 0 Å². The van der Waals surface area contributed by atoms with Gasteiger partial charge in [-0.3, -0.25) is 0 Å². The van der Waals surface area contributed by atoms with E-state index in [1.807, 2.05) is 0 Å². The number of hydrogen-bond acceptors (Lipinski definition) is 0. The molecule has 2 aliphatic rings. The van der Waals surface area contributed by atoms with E-state index in [0.717, 1.165) is 0 Å². The summed E-state index contributed by atoms with van der Waals surface area (Å²) in [4.78, 5) is 0. The predicted molar refractivity (Wildman–Crippen MR) is 137 cm³/mol. The fourth-order valence-electron chi connectivity index (χ4n) is 6.68. The van der Waals surface area contributed by atoms with E-state index in [1.165, 1.54) is 33.4 Å². The van der Waals surface area contributed by atoms with Gasteiger partial charge in [0.25, 0.3) is 0 Å². The Balaban J connectivity index is 1.74. The molecule has 0 saturated heterocycles. The summed E-state index contributed by atoms with van der Waals surface area (Å²) in [5.41, 5.74) is 10.4. The summed E-state index contributed by atoms with van der Waals surface area (Å²) in [7, 11) is 0. The van der Waals surface area contributed by atoms with Crippen molar-refractivity contribution in [1.82, 2.24) is 0 Å². The molecular formula is C30H28SiZr. The molecule has 32 heavy (non-hydrogen) atoms. The van der Waals surface area contributed by atoms with Crippen LogP contribution in [0.2, 0.25) is 4.63 Å². The Morgan fingerprint density at radius 1 is 0.594 bits per heavy atom. The van der Waals surface area contributed by atoms with Crippen molar-refractivity contribution in [1.29, 1.82) is 0 Å². The third-order valence-corrected chi connectivity index (χ3v) is 31.5. The van der Waals surface area contributed by atoms with E-state index in [1.54, 1.807) is 8.83 Å². The summed E-state index contributed by atoms with van der Waals surface area (Å²) >= 11 is -3.85. The monoisotopic (exact) mass is 506 g/mol. The Labute approximate surface area is 193 Å². The van der Waals surface area contributed by atoms with E-state index in [0.29, 0.717) is 7.25 Å². The number of rotatable bonds is 3. The van der Waals surface area contributed by atoms with E-state index in [4.69, 9.17) is 0 Å². The Hall–Kier alpha value is -2.28. The van der Waals surface area contributed by atoms with Crippen LogP contribution in [0.15, 0.2) is 109 Å². The molecule has 2 heteroatoms. The number of hydrogen-bond donors (Lipinski definition) is 0. The average molecular weight is 508 g/mol. The molecule has 0 radical (unpaired) electrons. The standard InChI is InChI=1S/C13H9.C10H9.C6H5.CH3.H2Si.Zr/c1-3-7-12-10(5-1)9-11-6-2-4-8-13(11)12;1-8-6-7-9-4-2-3-5-10(8)9;1-2-4-6-5-3-1;;;/h1-9H;2-7H,1H3;1-5H;1H3;1H2;. The van der Waals surface area contributed by atoms with Crippen LogP contribution >= 0.6 is 0 Å². The summed E-state index contributed by atoms with van der Waals surface area (Å²) < 4.78 is 5.28. The second-order valence-corrected chi connectivity index (χ2v) is 36.5. The van der Waals surface area contributed by atoms with Crippen LogP contribution in [0, 0.1) is 0 Å². The van der Waals surface area contributed by atoms with E-state index in [2.05, 4.69) is 128 Å². The number of allylic oxidation sites excluding steroid dienone is 2. The van der Waals surface area contributed by atoms with Gasteiger partial charge in [0.15, 0.2) is 0 Å². The molecule has 156 valence electrons. The molecule has 0 bridgehead atoms. The molecule has 1 atom stereocenters. The molecule has 0 fully saturated rings. The Morgan fingerprint density at radius 2 is 1.06 bits per heavy atom. The molecule has 0 heterocycles.